The smallest absolute Gasteiger partial charge is 0.438 e. The van der Waals surface area contributed by atoms with Crippen molar-refractivity contribution < 1.29 is 72.3 Å². The van der Waals surface area contributed by atoms with Gasteiger partial charge in [-0.05, 0) is 12.8 Å². The fraction of sp³-hybridized carbons (Fsp3) is 0.833. The maximum atomic E-state index is 13.4. The Kier molecular flexibility index (Phi) is 8.99. The van der Waals surface area contributed by atoms with Crippen molar-refractivity contribution in [2.75, 3.05) is 6.61 Å². The van der Waals surface area contributed by atoms with Gasteiger partial charge in [0.05, 0.1) is 6.61 Å². The Morgan fingerprint density at radius 3 is 1.97 bits per heavy atom. The van der Waals surface area contributed by atoms with Crippen LogP contribution in [-0.2, 0) is 29.2 Å². The minimum Gasteiger partial charge on any atom is -0.743 e. The maximum Gasteiger partial charge on any atom is 0.438 e. The van der Waals surface area contributed by atoms with E-state index in [1.54, 1.807) is 0 Å². The van der Waals surface area contributed by atoms with Gasteiger partial charge in [0.15, 0.2) is 10.1 Å². The second-order valence-corrected chi connectivity index (χ2v) is 7.04. The van der Waals surface area contributed by atoms with Gasteiger partial charge in [-0.2, -0.15) is 35.1 Å². The van der Waals surface area contributed by atoms with Crippen molar-refractivity contribution in [2.24, 2.45) is 5.73 Å². The largest absolute Gasteiger partial charge is 0.743 e. The first-order valence-electron chi connectivity index (χ1n) is 7.49. The van der Waals surface area contributed by atoms with E-state index in [9.17, 15) is 57.7 Å². The molecule has 1 atom stereocenters. The Hall–Kier alpha value is -1.79. The van der Waals surface area contributed by atoms with Gasteiger partial charge < -0.3 is 20.1 Å². The number of ether oxygens (including phenoxy) is 2. The van der Waals surface area contributed by atoms with Gasteiger partial charge in [-0.3, -0.25) is 9.59 Å². The van der Waals surface area contributed by atoms with Gasteiger partial charge in [0.2, 0.25) is 0 Å². The van der Waals surface area contributed by atoms with Crippen LogP contribution in [0.4, 0.5) is 35.1 Å². The minimum absolute atomic E-state index is 0.415. The van der Waals surface area contributed by atoms with Crippen LogP contribution in [0.5, 0.6) is 0 Å². The number of carboxylic acids is 1. The molecule has 178 valence electrons. The summed E-state index contributed by atoms with van der Waals surface area (Å²) in [7, 11) is -7.27. The summed E-state index contributed by atoms with van der Waals surface area (Å²) in [6.45, 7) is -1.03. The highest BCUT2D eigenvalue weighted by atomic mass is 32.2. The van der Waals surface area contributed by atoms with Crippen LogP contribution < -0.4 is 5.73 Å². The number of rotatable bonds is 13. The first kappa shape index (κ1) is 28.2. The van der Waals surface area contributed by atoms with E-state index in [1.165, 1.54) is 0 Å². The van der Waals surface area contributed by atoms with Gasteiger partial charge in [0.25, 0.3) is 0 Å². The predicted molar refractivity (Wildman–Crippen MR) is 75.6 cm³/mol. The quantitative estimate of drug-likeness (QED) is 0.171. The Bertz CT molecular complexity index is 730. The number of nitrogens with two attached hydrogens (primary N) is 1. The topological polar surface area (TPSA) is 156 Å². The Labute approximate surface area is 162 Å². The maximum absolute atomic E-state index is 13.4. The SMILES string of the molecule is N[C@@H](CCC(=O)O)C(=O)OCCCC(F)(F)C(F)(F)OC(F)(F)C(F)(F)S(=O)(=O)[O-]. The zero-order chi connectivity index (χ0) is 24.2. The third kappa shape index (κ3) is 7.17. The lowest BCUT2D eigenvalue weighted by molar-refractivity contribution is -0.456. The summed E-state index contributed by atoms with van der Waals surface area (Å²) in [6.07, 6.45) is -17.4. The summed E-state index contributed by atoms with van der Waals surface area (Å²) < 4.78 is 141. The molecule has 0 saturated heterocycles. The van der Waals surface area contributed by atoms with Crippen molar-refractivity contribution in [3.63, 3.8) is 0 Å². The van der Waals surface area contributed by atoms with Crippen LogP contribution in [0.2, 0.25) is 0 Å². The van der Waals surface area contributed by atoms with E-state index in [-0.39, 0.29) is 0 Å². The van der Waals surface area contributed by atoms with Crippen molar-refractivity contribution in [3.05, 3.63) is 0 Å². The molecule has 0 aromatic heterocycles. The third-order valence-corrected chi connectivity index (χ3v) is 4.05. The molecule has 0 rings (SSSR count). The highest BCUT2D eigenvalue weighted by Crippen LogP contribution is 2.47. The molecule has 0 aliphatic carbocycles. The average molecular weight is 484 g/mol. The number of alkyl halides is 8. The second kappa shape index (κ2) is 9.56. The zero-order valence-electron chi connectivity index (χ0n) is 14.4. The van der Waals surface area contributed by atoms with Gasteiger partial charge in [0, 0.05) is 12.8 Å². The summed E-state index contributed by atoms with van der Waals surface area (Å²) >= 11 is 0. The molecule has 0 aromatic carbocycles. The molecule has 18 heteroatoms. The first-order valence-corrected chi connectivity index (χ1v) is 8.89. The average Bonchev–Trinajstić information content (AvgIpc) is 2.53. The van der Waals surface area contributed by atoms with Crippen molar-refractivity contribution in [3.8, 4) is 0 Å². The number of carbonyl (C=O) groups is 2. The van der Waals surface area contributed by atoms with E-state index in [1.807, 2.05) is 4.74 Å². The normalized spacial score (nSPS) is 15.0. The molecule has 0 radical (unpaired) electrons. The predicted octanol–water partition coefficient (Wildman–Crippen LogP) is 1.48. The van der Waals surface area contributed by atoms with E-state index in [0.717, 1.165) is 0 Å². The third-order valence-electron chi connectivity index (χ3n) is 3.19. The van der Waals surface area contributed by atoms with Gasteiger partial charge >= 0.3 is 35.3 Å². The number of carboxylic acid groups (broad SMARTS) is 1. The molecule has 0 spiro atoms. The molecule has 0 saturated carbocycles. The molecule has 9 nitrogen and oxygen atoms in total. The lowest BCUT2D eigenvalue weighted by Gasteiger charge is -2.33. The fourth-order valence-electron chi connectivity index (χ4n) is 1.56. The second-order valence-electron chi connectivity index (χ2n) is 5.62. The molecule has 0 aromatic rings. The summed E-state index contributed by atoms with van der Waals surface area (Å²) in [6, 6.07) is -1.50. The lowest BCUT2D eigenvalue weighted by atomic mass is 10.1. The van der Waals surface area contributed by atoms with E-state index in [0.29, 0.717) is 0 Å². The summed E-state index contributed by atoms with van der Waals surface area (Å²) in [5.41, 5.74) is 5.19. The molecule has 3 N–H and O–H groups in total. The number of hydrogen-bond acceptors (Lipinski definition) is 8. The van der Waals surface area contributed by atoms with E-state index >= 15 is 0 Å². The molecule has 0 aliphatic heterocycles. The van der Waals surface area contributed by atoms with E-state index < -0.39 is 83.8 Å². The number of carbonyl (C=O) groups excluding carboxylic acids is 1. The Balaban J connectivity index is 4.91. The monoisotopic (exact) mass is 484 g/mol. The van der Waals surface area contributed by atoms with E-state index in [2.05, 4.69) is 4.74 Å². The minimum atomic E-state index is -7.27. The molecule has 0 aliphatic rings. The van der Waals surface area contributed by atoms with Crippen LogP contribution in [0.25, 0.3) is 0 Å². The number of esters is 1. The van der Waals surface area contributed by atoms with Gasteiger partial charge in [-0.1, -0.05) is 0 Å². The molecule has 0 heterocycles. The van der Waals surface area contributed by atoms with Crippen LogP contribution in [0.3, 0.4) is 0 Å². The molecule has 30 heavy (non-hydrogen) atoms. The van der Waals surface area contributed by atoms with Gasteiger partial charge in [0.1, 0.15) is 6.04 Å². The molecular weight excluding hydrogens is 470 g/mol. The standard InChI is InChI=1S/C12H15F8NO8S/c13-9(14,4-1-5-28-8(24)6(21)2-3-7(22)23)10(15,16)29-11(17,18)12(19,20)30(25,26)27/h6H,1-5,21H2,(H,22,23)(H,25,26,27)/p-1/t6-/m0/s1. The molecule has 0 bridgehead atoms. The molecule has 0 fully saturated rings. The van der Waals surface area contributed by atoms with Gasteiger partial charge in [-0.25, -0.2) is 13.2 Å². The highest BCUT2D eigenvalue weighted by Gasteiger charge is 2.71. The van der Waals surface area contributed by atoms with E-state index in [4.69, 9.17) is 10.8 Å². The summed E-state index contributed by atoms with van der Waals surface area (Å²) in [5.74, 6) is -8.22. The highest BCUT2D eigenvalue weighted by molar-refractivity contribution is 7.86. The van der Waals surface area contributed by atoms with Gasteiger partial charge in [-0.15, -0.1) is 0 Å². The van der Waals surface area contributed by atoms with Crippen molar-refractivity contribution in [1.82, 2.24) is 0 Å². The molecule has 0 unspecified atom stereocenters. The Morgan fingerprint density at radius 1 is 1.03 bits per heavy atom. The molecule has 0 amide bonds. The van der Waals surface area contributed by atoms with Crippen LogP contribution in [-0.4, -0.2) is 66.1 Å². The summed E-state index contributed by atoms with van der Waals surface area (Å²) in [4.78, 5) is 21.6. The van der Waals surface area contributed by atoms with Crippen LogP contribution in [0.1, 0.15) is 25.7 Å². The van der Waals surface area contributed by atoms with Crippen LogP contribution in [0.15, 0.2) is 0 Å². The number of hydrogen-bond donors (Lipinski definition) is 2. The summed E-state index contributed by atoms with van der Waals surface area (Å²) in [5, 5.41) is 1.58. The Morgan fingerprint density at radius 2 is 1.53 bits per heavy atom. The number of halogens is 8. The lowest BCUT2D eigenvalue weighted by Crippen LogP contribution is -2.55. The van der Waals surface area contributed by atoms with Crippen LogP contribution >= 0.6 is 0 Å². The zero-order valence-corrected chi connectivity index (χ0v) is 15.2. The number of aliphatic carboxylic acids is 1. The van der Waals surface area contributed by atoms with Crippen molar-refractivity contribution >= 4 is 22.1 Å². The van der Waals surface area contributed by atoms with Crippen molar-refractivity contribution in [1.29, 1.82) is 0 Å². The first-order chi connectivity index (χ1) is 13.2. The van der Waals surface area contributed by atoms with Crippen LogP contribution in [0, 0.1) is 0 Å². The molecular formula is C12H14F8NO8S-. The van der Waals surface area contributed by atoms with Crippen molar-refractivity contribution in [2.45, 2.75) is 55.1 Å². The fourth-order valence-corrected chi connectivity index (χ4v) is 1.89.